The van der Waals surface area contributed by atoms with Crippen LogP contribution in [0.5, 0.6) is 0 Å². The molecule has 19 heavy (non-hydrogen) atoms. The molecule has 0 saturated carbocycles. The number of aromatic nitrogens is 2. The highest BCUT2D eigenvalue weighted by Gasteiger charge is 2.14. The molecule has 1 heterocycles. The molecule has 8 heteroatoms. The van der Waals surface area contributed by atoms with Gasteiger partial charge in [0.1, 0.15) is 10.8 Å². The van der Waals surface area contributed by atoms with E-state index in [1.165, 1.54) is 29.6 Å². The van der Waals surface area contributed by atoms with E-state index in [9.17, 15) is 10.1 Å². The van der Waals surface area contributed by atoms with Crippen LogP contribution in [0.3, 0.4) is 0 Å². The van der Waals surface area contributed by atoms with Crippen LogP contribution in [-0.2, 0) is 0 Å². The summed E-state index contributed by atoms with van der Waals surface area (Å²) in [4.78, 5) is 19.3. The van der Waals surface area contributed by atoms with Crippen LogP contribution in [0.15, 0.2) is 45.4 Å². The summed E-state index contributed by atoms with van der Waals surface area (Å²) in [6.07, 6.45) is 1.84. The number of anilines is 1. The molecule has 0 aliphatic carbocycles. The third kappa shape index (κ3) is 3.36. The Labute approximate surface area is 118 Å². The molecule has 98 valence electrons. The lowest BCUT2D eigenvalue weighted by atomic mass is 10.3. The van der Waals surface area contributed by atoms with E-state index in [2.05, 4.69) is 9.97 Å². The molecule has 0 atom stereocenters. The fraction of sp³-hybridized carbons (Fsp3) is 0.0909. The number of nitro benzene ring substituents is 1. The van der Waals surface area contributed by atoms with Gasteiger partial charge >= 0.3 is 0 Å². The van der Waals surface area contributed by atoms with Crippen molar-refractivity contribution in [3.05, 3.63) is 40.4 Å². The number of nitro groups is 1. The van der Waals surface area contributed by atoms with Crippen LogP contribution >= 0.6 is 23.5 Å². The van der Waals surface area contributed by atoms with E-state index in [0.717, 1.165) is 0 Å². The fourth-order valence-electron chi connectivity index (χ4n) is 1.37. The molecule has 0 aliphatic rings. The molecule has 0 radical (unpaired) electrons. The summed E-state index contributed by atoms with van der Waals surface area (Å²) in [5, 5.41) is 12.1. The molecule has 0 amide bonds. The summed E-state index contributed by atoms with van der Waals surface area (Å²) < 4.78 is 0. The molecular formula is C11H10N4O2S2. The van der Waals surface area contributed by atoms with E-state index < -0.39 is 4.92 Å². The molecule has 2 aromatic rings. The van der Waals surface area contributed by atoms with Crippen molar-refractivity contribution < 1.29 is 4.92 Å². The van der Waals surface area contributed by atoms with Gasteiger partial charge in [0.25, 0.3) is 5.69 Å². The second-order valence-electron chi connectivity index (χ2n) is 3.44. The number of hydrogen-bond acceptors (Lipinski definition) is 7. The van der Waals surface area contributed by atoms with Crippen LogP contribution in [0.4, 0.5) is 11.5 Å². The Bertz CT molecular complexity index is 621. The third-order valence-corrected chi connectivity index (χ3v) is 3.69. The minimum absolute atomic E-state index is 0.0513. The van der Waals surface area contributed by atoms with Gasteiger partial charge in [0, 0.05) is 12.1 Å². The van der Waals surface area contributed by atoms with Gasteiger partial charge in [0.05, 0.1) is 9.82 Å². The molecule has 2 N–H and O–H groups in total. The Kier molecular flexibility index (Phi) is 4.23. The molecule has 2 rings (SSSR count). The van der Waals surface area contributed by atoms with Crippen LogP contribution in [0, 0.1) is 10.1 Å². The van der Waals surface area contributed by atoms with E-state index >= 15 is 0 Å². The largest absolute Gasteiger partial charge is 0.384 e. The lowest BCUT2D eigenvalue weighted by Gasteiger charge is -2.04. The molecule has 1 aromatic carbocycles. The Morgan fingerprint density at radius 3 is 2.74 bits per heavy atom. The van der Waals surface area contributed by atoms with Gasteiger partial charge in [-0.25, -0.2) is 9.97 Å². The zero-order valence-corrected chi connectivity index (χ0v) is 11.6. The molecule has 0 bridgehead atoms. The molecule has 0 saturated heterocycles. The average Bonchev–Trinajstić information content (AvgIpc) is 2.38. The monoisotopic (exact) mass is 294 g/mol. The van der Waals surface area contributed by atoms with E-state index in [4.69, 9.17) is 5.73 Å². The van der Waals surface area contributed by atoms with Crippen molar-refractivity contribution in [1.82, 2.24) is 9.97 Å². The van der Waals surface area contributed by atoms with Crippen LogP contribution in [-0.4, -0.2) is 21.1 Å². The number of hydrogen-bond donors (Lipinski definition) is 1. The molecule has 0 unspecified atom stereocenters. The Balaban J connectivity index is 2.36. The van der Waals surface area contributed by atoms with Gasteiger partial charge in [-0.3, -0.25) is 10.1 Å². The van der Waals surface area contributed by atoms with Crippen molar-refractivity contribution in [3.8, 4) is 0 Å². The first-order valence-electron chi connectivity index (χ1n) is 5.20. The predicted molar refractivity (Wildman–Crippen MR) is 75.4 cm³/mol. The standard InChI is InChI=1S/C11H10N4O2S2/c1-18-11-13-9(12)6-10(14-11)19-8-5-3-2-4-7(8)15(16)17/h2-6H,1H3,(H2,12,13,14). The van der Waals surface area contributed by atoms with Crippen molar-refractivity contribution in [3.63, 3.8) is 0 Å². The van der Waals surface area contributed by atoms with Gasteiger partial charge in [-0.05, 0) is 12.3 Å². The first-order chi connectivity index (χ1) is 9.10. The average molecular weight is 294 g/mol. The van der Waals surface area contributed by atoms with E-state index in [1.54, 1.807) is 24.3 Å². The lowest BCUT2D eigenvalue weighted by molar-refractivity contribution is -0.387. The molecule has 6 nitrogen and oxygen atoms in total. The maximum absolute atomic E-state index is 10.9. The van der Waals surface area contributed by atoms with E-state index in [1.807, 2.05) is 6.26 Å². The highest BCUT2D eigenvalue weighted by molar-refractivity contribution is 7.99. The smallest absolute Gasteiger partial charge is 0.283 e. The first-order valence-corrected chi connectivity index (χ1v) is 7.24. The summed E-state index contributed by atoms with van der Waals surface area (Å²) in [5.74, 6) is 0.348. The zero-order chi connectivity index (χ0) is 13.8. The number of benzene rings is 1. The predicted octanol–water partition coefficient (Wildman–Crippen LogP) is 2.84. The highest BCUT2D eigenvalue weighted by Crippen LogP contribution is 2.34. The van der Waals surface area contributed by atoms with Gasteiger partial charge in [0.2, 0.25) is 0 Å². The summed E-state index contributed by atoms with van der Waals surface area (Å²) in [7, 11) is 0. The number of nitrogens with zero attached hydrogens (tertiary/aromatic N) is 3. The van der Waals surface area contributed by atoms with E-state index in [-0.39, 0.29) is 5.69 Å². The summed E-state index contributed by atoms with van der Waals surface area (Å²) in [6, 6.07) is 8.11. The van der Waals surface area contributed by atoms with Crippen LogP contribution in [0.25, 0.3) is 0 Å². The number of nitrogens with two attached hydrogens (primary N) is 1. The molecular weight excluding hydrogens is 284 g/mol. The molecule has 0 spiro atoms. The normalized spacial score (nSPS) is 10.4. The number of para-hydroxylation sites is 1. The van der Waals surface area contributed by atoms with Gasteiger partial charge in [-0.15, -0.1) is 0 Å². The Morgan fingerprint density at radius 1 is 1.32 bits per heavy atom. The van der Waals surface area contributed by atoms with Gasteiger partial charge in [-0.2, -0.15) is 0 Å². The minimum atomic E-state index is -0.414. The number of thioether (sulfide) groups is 1. The minimum Gasteiger partial charge on any atom is -0.384 e. The molecule has 0 fully saturated rings. The highest BCUT2D eigenvalue weighted by atomic mass is 32.2. The quantitative estimate of drug-likeness (QED) is 0.304. The van der Waals surface area contributed by atoms with Crippen molar-refractivity contribution in [2.45, 2.75) is 15.1 Å². The van der Waals surface area contributed by atoms with E-state index in [0.29, 0.717) is 20.9 Å². The second kappa shape index (κ2) is 5.89. The maximum atomic E-state index is 10.9. The summed E-state index contributed by atoms with van der Waals surface area (Å²) >= 11 is 2.57. The zero-order valence-electron chi connectivity index (χ0n) is 9.94. The van der Waals surface area contributed by atoms with Gasteiger partial charge in [-0.1, -0.05) is 35.7 Å². The Hall–Kier alpha value is -1.80. The van der Waals surface area contributed by atoms with Crippen molar-refractivity contribution >= 4 is 35.0 Å². The van der Waals surface area contributed by atoms with Crippen LogP contribution in [0.2, 0.25) is 0 Å². The summed E-state index contributed by atoms with van der Waals surface area (Å²) in [5.41, 5.74) is 5.73. The first kappa shape index (κ1) is 13.6. The van der Waals surface area contributed by atoms with Gasteiger partial charge < -0.3 is 5.73 Å². The topological polar surface area (TPSA) is 94.9 Å². The molecule has 1 aromatic heterocycles. The lowest BCUT2D eigenvalue weighted by Crippen LogP contribution is -1.96. The number of rotatable bonds is 4. The van der Waals surface area contributed by atoms with Crippen molar-refractivity contribution in [2.75, 3.05) is 12.0 Å². The third-order valence-electron chi connectivity index (χ3n) is 2.16. The van der Waals surface area contributed by atoms with Crippen molar-refractivity contribution in [2.24, 2.45) is 0 Å². The molecule has 0 aliphatic heterocycles. The second-order valence-corrected chi connectivity index (χ2v) is 5.28. The maximum Gasteiger partial charge on any atom is 0.283 e. The van der Waals surface area contributed by atoms with Gasteiger partial charge in [0.15, 0.2) is 5.16 Å². The number of nitrogen functional groups attached to an aromatic ring is 1. The Morgan fingerprint density at radius 2 is 2.05 bits per heavy atom. The fourth-order valence-corrected chi connectivity index (χ4v) is 2.75. The van der Waals surface area contributed by atoms with Crippen LogP contribution in [0.1, 0.15) is 0 Å². The summed E-state index contributed by atoms with van der Waals surface area (Å²) in [6.45, 7) is 0. The SMILES string of the molecule is CSc1nc(N)cc(Sc2ccccc2[N+](=O)[O-])n1. The van der Waals surface area contributed by atoms with Crippen LogP contribution < -0.4 is 5.73 Å². The van der Waals surface area contributed by atoms with Crippen molar-refractivity contribution in [1.29, 1.82) is 0 Å².